The van der Waals surface area contributed by atoms with Gasteiger partial charge in [-0.1, -0.05) is 11.6 Å². The van der Waals surface area contributed by atoms with Crippen LogP contribution in [0, 0.1) is 3.57 Å². The number of hydrogen-bond donors (Lipinski definition) is 0. The summed E-state index contributed by atoms with van der Waals surface area (Å²) in [6, 6.07) is 0. The Kier molecular flexibility index (Phi) is 6.71. The minimum absolute atomic E-state index is 0.122. The summed E-state index contributed by atoms with van der Waals surface area (Å²) < 4.78 is 45.7. The van der Waals surface area contributed by atoms with Crippen LogP contribution in [-0.4, -0.2) is 36.5 Å². The molecule has 19 heavy (non-hydrogen) atoms. The molecular weight excluding hydrogens is 399 g/mol. The van der Waals surface area contributed by atoms with Gasteiger partial charge in [-0.3, -0.25) is 0 Å². The minimum Gasteiger partial charge on any atom is -0.378 e. The van der Waals surface area contributed by atoms with Gasteiger partial charge >= 0.3 is 6.18 Å². The van der Waals surface area contributed by atoms with Gasteiger partial charge < -0.3 is 9.47 Å². The van der Waals surface area contributed by atoms with Gasteiger partial charge in [-0.05, 0) is 22.6 Å². The van der Waals surface area contributed by atoms with Crippen molar-refractivity contribution in [3.63, 3.8) is 0 Å². The molecule has 0 unspecified atom stereocenters. The van der Waals surface area contributed by atoms with Crippen molar-refractivity contribution < 1.29 is 22.6 Å². The molecule has 1 rings (SSSR count). The number of ether oxygens (including phenoxy) is 2. The summed E-state index contributed by atoms with van der Waals surface area (Å²) in [7, 11) is 1.51. The van der Waals surface area contributed by atoms with E-state index < -0.39 is 12.8 Å². The van der Waals surface area contributed by atoms with E-state index in [0.29, 0.717) is 15.1 Å². The monoisotopic (exact) mass is 410 g/mol. The molecule has 0 amide bonds. The fourth-order valence-corrected chi connectivity index (χ4v) is 1.81. The average molecular weight is 411 g/mol. The van der Waals surface area contributed by atoms with Crippen LogP contribution in [0.25, 0.3) is 0 Å². The average Bonchev–Trinajstić information content (AvgIpc) is 2.30. The van der Waals surface area contributed by atoms with Gasteiger partial charge in [0.25, 0.3) is 0 Å². The Morgan fingerprint density at radius 3 is 2.58 bits per heavy atom. The van der Waals surface area contributed by atoms with E-state index >= 15 is 0 Å². The number of halogens is 5. The molecule has 108 valence electrons. The van der Waals surface area contributed by atoms with Crippen molar-refractivity contribution in [3.8, 4) is 0 Å². The third kappa shape index (κ3) is 6.19. The Balaban J connectivity index is 2.59. The molecular formula is C10H11ClF3IN2O2. The predicted octanol–water partition coefficient (Wildman–Crippen LogP) is 3.00. The zero-order valence-electron chi connectivity index (χ0n) is 9.93. The van der Waals surface area contributed by atoms with Crippen LogP contribution in [0.4, 0.5) is 13.2 Å². The molecule has 0 radical (unpaired) electrons. The maximum Gasteiger partial charge on any atom is 0.411 e. The van der Waals surface area contributed by atoms with Gasteiger partial charge in [0.05, 0.1) is 22.5 Å². The minimum atomic E-state index is -4.33. The van der Waals surface area contributed by atoms with E-state index in [4.69, 9.17) is 16.3 Å². The van der Waals surface area contributed by atoms with Crippen molar-refractivity contribution in [2.24, 2.45) is 0 Å². The Labute approximate surface area is 126 Å². The van der Waals surface area contributed by atoms with Gasteiger partial charge in [0.2, 0.25) is 0 Å². The molecule has 0 aliphatic carbocycles. The summed E-state index contributed by atoms with van der Waals surface area (Å²) in [4.78, 5) is 8.15. The second-order valence-corrected chi connectivity index (χ2v) is 4.98. The molecule has 9 heteroatoms. The van der Waals surface area contributed by atoms with Crippen LogP contribution >= 0.6 is 34.2 Å². The first-order valence-corrected chi connectivity index (χ1v) is 6.63. The molecule has 1 aromatic rings. The first-order valence-electron chi connectivity index (χ1n) is 5.17. The highest BCUT2D eigenvalue weighted by Gasteiger charge is 2.27. The lowest BCUT2D eigenvalue weighted by atomic mass is 10.3. The first-order chi connectivity index (χ1) is 8.83. The zero-order chi connectivity index (χ0) is 14.5. The molecule has 0 saturated carbocycles. The summed E-state index contributed by atoms with van der Waals surface area (Å²) >= 11 is 7.89. The van der Waals surface area contributed by atoms with E-state index in [0.717, 1.165) is 0 Å². The number of methoxy groups -OCH3 is 1. The van der Waals surface area contributed by atoms with Crippen LogP contribution in [0.3, 0.4) is 0 Å². The molecule has 0 aliphatic rings. The highest BCUT2D eigenvalue weighted by Crippen LogP contribution is 2.20. The van der Waals surface area contributed by atoms with E-state index in [-0.39, 0.29) is 24.8 Å². The molecule has 1 aromatic heterocycles. The standard InChI is InChI=1S/C10H11ClF3IN2O2/c1-18-4-6-8(15)9(11)17-7(16-6)2-3-19-5-10(12,13)14/h2-5H2,1H3. The number of alkyl halides is 3. The molecule has 0 spiro atoms. The molecule has 0 saturated heterocycles. The molecule has 1 heterocycles. The number of nitrogens with zero attached hydrogens (tertiary/aromatic N) is 2. The summed E-state index contributed by atoms with van der Waals surface area (Å²) in [6.45, 7) is -1.14. The van der Waals surface area contributed by atoms with Crippen LogP contribution in [0.15, 0.2) is 0 Å². The fourth-order valence-electron chi connectivity index (χ4n) is 1.21. The van der Waals surface area contributed by atoms with Gasteiger partial charge in [-0.15, -0.1) is 0 Å². The van der Waals surface area contributed by atoms with Crippen LogP contribution in [0.2, 0.25) is 5.15 Å². The molecule has 0 atom stereocenters. The quantitative estimate of drug-likeness (QED) is 0.411. The molecule has 4 nitrogen and oxygen atoms in total. The summed E-state index contributed by atoms with van der Waals surface area (Å²) in [5.41, 5.74) is 0.605. The van der Waals surface area contributed by atoms with Crippen molar-refractivity contribution in [2.75, 3.05) is 20.3 Å². The van der Waals surface area contributed by atoms with Crippen LogP contribution in [0.1, 0.15) is 11.5 Å². The van der Waals surface area contributed by atoms with Gasteiger partial charge in [0.1, 0.15) is 17.6 Å². The summed E-state index contributed by atoms with van der Waals surface area (Å²) in [5.74, 6) is 0.333. The predicted molar refractivity (Wildman–Crippen MR) is 71.1 cm³/mol. The highest BCUT2D eigenvalue weighted by molar-refractivity contribution is 14.1. The topological polar surface area (TPSA) is 44.2 Å². The number of hydrogen-bond acceptors (Lipinski definition) is 4. The van der Waals surface area contributed by atoms with Gasteiger partial charge in [-0.2, -0.15) is 13.2 Å². The molecule has 0 bridgehead atoms. The van der Waals surface area contributed by atoms with Crippen LogP contribution < -0.4 is 0 Å². The van der Waals surface area contributed by atoms with Crippen molar-refractivity contribution in [2.45, 2.75) is 19.2 Å². The maximum absolute atomic E-state index is 11.9. The first kappa shape index (κ1) is 16.9. The maximum atomic E-state index is 11.9. The second-order valence-electron chi connectivity index (χ2n) is 3.54. The summed E-state index contributed by atoms with van der Waals surface area (Å²) in [6.07, 6.45) is -4.17. The molecule has 0 aromatic carbocycles. The van der Waals surface area contributed by atoms with Crippen molar-refractivity contribution >= 4 is 34.2 Å². The highest BCUT2D eigenvalue weighted by atomic mass is 127. The largest absolute Gasteiger partial charge is 0.411 e. The van der Waals surface area contributed by atoms with Crippen LogP contribution in [0.5, 0.6) is 0 Å². The lowest BCUT2D eigenvalue weighted by Gasteiger charge is -2.09. The van der Waals surface area contributed by atoms with Crippen LogP contribution in [-0.2, 0) is 22.5 Å². The lowest BCUT2D eigenvalue weighted by Crippen LogP contribution is -2.18. The van der Waals surface area contributed by atoms with E-state index in [9.17, 15) is 13.2 Å². The van der Waals surface area contributed by atoms with Crippen molar-refractivity contribution in [3.05, 3.63) is 20.2 Å². The number of rotatable bonds is 6. The van der Waals surface area contributed by atoms with Gasteiger partial charge in [-0.25, -0.2) is 9.97 Å². The fraction of sp³-hybridized carbons (Fsp3) is 0.600. The molecule has 0 fully saturated rings. The zero-order valence-corrected chi connectivity index (χ0v) is 12.8. The second kappa shape index (κ2) is 7.55. The van der Waals surface area contributed by atoms with E-state index in [1.54, 1.807) is 0 Å². The Morgan fingerprint density at radius 2 is 2.00 bits per heavy atom. The van der Waals surface area contributed by atoms with E-state index in [2.05, 4.69) is 14.7 Å². The van der Waals surface area contributed by atoms with Crippen molar-refractivity contribution in [1.29, 1.82) is 0 Å². The van der Waals surface area contributed by atoms with E-state index in [1.807, 2.05) is 22.6 Å². The van der Waals surface area contributed by atoms with Gasteiger partial charge in [0, 0.05) is 13.5 Å². The lowest BCUT2D eigenvalue weighted by molar-refractivity contribution is -0.173. The smallest absolute Gasteiger partial charge is 0.378 e. The van der Waals surface area contributed by atoms with Gasteiger partial charge in [0.15, 0.2) is 0 Å². The summed E-state index contributed by atoms with van der Waals surface area (Å²) in [5, 5.41) is 0.258. The Bertz CT molecular complexity index is 432. The van der Waals surface area contributed by atoms with E-state index in [1.165, 1.54) is 7.11 Å². The molecule has 0 N–H and O–H groups in total. The normalized spacial score (nSPS) is 11.9. The third-order valence-corrected chi connectivity index (χ3v) is 3.67. The Morgan fingerprint density at radius 1 is 1.32 bits per heavy atom. The van der Waals surface area contributed by atoms with Crippen molar-refractivity contribution in [1.82, 2.24) is 9.97 Å². The molecule has 0 aliphatic heterocycles. The Hall–Kier alpha value is -0.190. The number of aromatic nitrogens is 2. The third-order valence-electron chi connectivity index (χ3n) is 1.94. The SMILES string of the molecule is COCc1nc(CCOCC(F)(F)F)nc(Cl)c1I.